The first kappa shape index (κ1) is 20.3. The van der Waals surface area contributed by atoms with Crippen molar-refractivity contribution in [3.8, 4) is 5.75 Å². The Morgan fingerprint density at radius 3 is 2.61 bits per heavy atom. The molecule has 0 aliphatic rings. The van der Waals surface area contributed by atoms with Crippen LogP contribution in [0.4, 0.5) is 5.13 Å². The van der Waals surface area contributed by atoms with E-state index in [9.17, 15) is 4.79 Å². The second-order valence-electron chi connectivity index (χ2n) is 7.01. The molecule has 2 heterocycles. The molecule has 0 atom stereocenters. The largest absolute Gasteiger partial charge is 0.494 e. The molecular weight excluding hydrogens is 374 g/mol. The van der Waals surface area contributed by atoms with E-state index in [0.717, 1.165) is 34.6 Å². The summed E-state index contributed by atoms with van der Waals surface area (Å²) < 4.78 is 8.34. The first-order chi connectivity index (χ1) is 13.3. The van der Waals surface area contributed by atoms with E-state index < -0.39 is 0 Å². The number of benzene rings is 1. The van der Waals surface area contributed by atoms with Gasteiger partial charge in [-0.1, -0.05) is 17.4 Å². The lowest BCUT2D eigenvalue weighted by Gasteiger charge is -2.21. The molecule has 0 bridgehead atoms. The van der Waals surface area contributed by atoms with E-state index in [0.29, 0.717) is 23.1 Å². The Kier molecular flexibility index (Phi) is 6.00. The molecule has 0 unspecified atom stereocenters. The maximum Gasteiger partial charge on any atom is 0.280 e. The Bertz CT molecular complexity index is 992. The summed E-state index contributed by atoms with van der Waals surface area (Å²) in [5.74, 6) is 0.585. The first-order valence-corrected chi connectivity index (χ1v) is 10.1. The summed E-state index contributed by atoms with van der Waals surface area (Å²) in [5.41, 5.74) is 3.33. The lowest BCUT2D eigenvalue weighted by Crippen LogP contribution is -2.37. The van der Waals surface area contributed by atoms with Gasteiger partial charge < -0.3 is 9.64 Å². The van der Waals surface area contributed by atoms with Crippen molar-refractivity contribution in [3.63, 3.8) is 0 Å². The van der Waals surface area contributed by atoms with Gasteiger partial charge in [0, 0.05) is 25.3 Å². The SMILES string of the molecule is CCn1nc(C(=O)N(CCN(C)C)c2nc3c(OC)ccc(C)c3s2)cc1C. The van der Waals surface area contributed by atoms with Gasteiger partial charge in [0.25, 0.3) is 5.91 Å². The number of rotatable bonds is 7. The average Bonchev–Trinajstić information content (AvgIpc) is 3.26. The zero-order chi connectivity index (χ0) is 20.4. The number of amides is 1. The van der Waals surface area contributed by atoms with Gasteiger partial charge in [-0.3, -0.25) is 14.4 Å². The van der Waals surface area contributed by atoms with Crippen LogP contribution >= 0.6 is 11.3 Å². The number of thiazole rings is 1. The van der Waals surface area contributed by atoms with Crippen LogP contribution < -0.4 is 9.64 Å². The van der Waals surface area contributed by atoms with Crippen molar-refractivity contribution in [2.45, 2.75) is 27.3 Å². The molecule has 7 nitrogen and oxygen atoms in total. The third-order valence-corrected chi connectivity index (χ3v) is 5.87. The number of fused-ring (bicyclic) bond motifs is 1. The zero-order valence-electron chi connectivity index (χ0n) is 17.3. The Labute approximate surface area is 169 Å². The molecule has 0 spiro atoms. The van der Waals surface area contributed by atoms with Crippen LogP contribution in [-0.4, -0.2) is 59.9 Å². The maximum absolute atomic E-state index is 13.3. The number of aryl methyl sites for hydroxylation is 3. The van der Waals surface area contributed by atoms with E-state index in [4.69, 9.17) is 9.72 Å². The van der Waals surface area contributed by atoms with Crippen LogP contribution in [0.1, 0.15) is 28.7 Å². The van der Waals surface area contributed by atoms with Crippen molar-refractivity contribution in [3.05, 3.63) is 35.2 Å². The molecule has 3 aromatic rings. The number of carbonyl (C=O) groups excluding carboxylic acids is 1. The second-order valence-corrected chi connectivity index (χ2v) is 7.98. The lowest BCUT2D eigenvalue weighted by atomic mass is 10.2. The van der Waals surface area contributed by atoms with Crippen LogP contribution in [0.25, 0.3) is 10.2 Å². The second kappa shape index (κ2) is 8.28. The molecule has 0 saturated carbocycles. The number of hydrogen-bond acceptors (Lipinski definition) is 6. The predicted molar refractivity (Wildman–Crippen MR) is 114 cm³/mol. The van der Waals surface area contributed by atoms with Crippen molar-refractivity contribution in [1.29, 1.82) is 0 Å². The summed E-state index contributed by atoms with van der Waals surface area (Å²) >= 11 is 1.51. The topological polar surface area (TPSA) is 63.5 Å². The Hall–Kier alpha value is -2.45. The molecule has 8 heteroatoms. The molecule has 1 aromatic carbocycles. The standard InChI is InChI=1S/C20H27N5O2S/c1-7-25-14(3)12-15(22-25)19(26)24(11-10-23(4)5)20-21-17-16(27-6)9-8-13(2)18(17)28-20/h8-9,12H,7,10-11H2,1-6H3. The minimum atomic E-state index is -0.132. The summed E-state index contributed by atoms with van der Waals surface area (Å²) in [5, 5.41) is 5.14. The normalized spacial score (nSPS) is 11.4. The molecule has 2 aromatic heterocycles. The van der Waals surface area contributed by atoms with E-state index in [1.807, 2.05) is 57.7 Å². The van der Waals surface area contributed by atoms with Crippen molar-refractivity contribution < 1.29 is 9.53 Å². The van der Waals surface area contributed by atoms with Gasteiger partial charge in [0.2, 0.25) is 0 Å². The van der Waals surface area contributed by atoms with E-state index in [1.165, 1.54) is 11.3 Å². The number of carbonyl (C=O) groups is 1. The predicted octanol–water partition coefficient (Wildman–Crippen LogP) is 3.35. The summed E-state index contributed by atoms with van der Waals surface area (Å²) in [7, 11) is 5.62. The minimum Gasteiger partial charge on any atom is -0.494 e. The fraction of sp³-hybridized carbons (Fsp3) is 0.450. The molecule has 0 fully saturated rings. The third kappa shape index (κ3) is 3.88. The van der Waals surface area contributed by atoms with E-state index in [2.05, 4.69) is 10.00 Å². The Balaban J connectivity index is 2.05. The van der Waals surface area contributed by atoms with Gasteiger partial charge in [-0.25, -0.2) is 4.98 Å². The number of hydrogen-bond donors (Lipinski definition) is 0. The Morgan fingerprint density at radius 1 is 1.25 bits per heavy atom. The van der Waals surface area contributed by atoms with Gasteiger partial charge in [0.05, 0.1) is 11.8 Å². The molecule has 28 heavy (non-hydrogen) atoms. The van der Waals surface area contributed by atoms with Crippen LogP contribution in [0.3, 0.4) is 0 Å². The molecule has 0 N–H and O–H groups in total. The van der Waals surface area contributed by atoms with Crippen molar-refractivity contribution in [1.82, 2.24) is 19.7 Å². The summed E-state index contributed by atoms with van der Waals surface area (Å²) in [6.45, 7) is 8.01. The highest BCUT2D eigenvalue weighted by Crippen LogP contribution is 2.36. The van der Waals surface area contributed by atoms with Gasteiger partial charge in [0.15, 0.2) is 10.8 Å². The van der Waals surface area contributed by atoms with Crippen molar-refractivity contribution in [2.75, 3.05) is 39.2 Å². The van der Waals surface area contributed by atoms with Crippen molar-refractivity contribution >= 4 is 32.6 Å². The van der Waals surface area contributed by atoms with Crippen LogP contribution in [0, 0.1) is 13.8 Å². The van der Waals surface area contributed by atoms with E-state index in [1.54, 1.807) is 12.0 Å². The zero-order valence-corrected chi connectivity index (χ0v) is 18.1. The number of anilines is 1. The van der Waals surface area contributed by atoms with Crippen LogP contribution in [0.15, 0.2) is 18.2 Å². The van der Waals surface area contributed by atoms with Gasteiger partial charge in [-0.05, 0) is 52.6 Å². The Morgan fingerprint density at radius 2 is 2.00 bits per heavy atom. The number of likely N-dealkylation sites (N-methyl/N-ethyl adjacent to an activating group) is 1. The monoisotopic (exact) mass is 401 g/mol. The number of ether oxygens (including phenoxy) is 1. The van der Waals surface area contributed by atoms with E-state index >= 15 is 0 Å². The number of methoxy groups -OCH3 is 1. The van der Waals surface area contributed by atoms with Crippen LogP contribution in [-0.2, 0) is 6.54 Å². The van der Waals surface area contributed by atoms with Gasteiger partial charge in [-0.2, -0.15) is 5.10 Å². The van der Waals surface area contributed by atoms with Gasteiger partial charge in [0.1, 0.15) is 11.3 Å². The molecule has 1 amide bonds. The molecule has 0 radical (unpaired) electrons. The highest BCUT2D eigenvalue weighted by atomic mass is 32.1. The molecule has 150 valence electrons. The number of aromatic nitrogens is 3. The maximum atomic E-state index is 13.3. The molecular formula is C20H27N5O2S. The minimum absolute atomic E-state index is 0.132. The summed E-state index contributed by atoms with van der Waals surface area (Å²) in [6.07, 6.45) is 0. The van der Waals surface area contributed by atoms with E-state index in [-0.39, 0.29) is 5.91 Å². The lowest BCUT2D eigenvalue weighted by molar-refractivity contribution is 0.0979. The highest BCUT2D eigenvalue weighted by Gasteiger charge is 2.25. The third-order valence-electron chi connectivity index (χ3n) is 4.66. The highest BCUT2D eigenvalue weighted by molar-refractivity contribution is 7.22. The summed E-state index contributed by atoms with van der Waals surface area (Å²) in [4.78, 5) is 21.9. The van der Waals surface area contributed by atoms with Crippen molar-refractivity contribution in [2.24, 2.45) is 0 Å². The van der Waals surface area contributed by atoms with Gasteiger partial charge in [-0.15, -0.1) is 0 Å². The molecule has 0 aliphatic carbocycles. The van der Waals surface area contributed by atoms with Crippen LogP contribution in [0.2, 0.25) is 0 Å². The average molecular weight is 402 g/mol. The number of nitrogens with zero attached hydrogens (tertiary/aromatic N) is 5. The molecule has 3 rings (SSSR count). The quantitative estimate of drug-likeness (QED) is 0.608. The molecule has 0 aliphatic heterocycles. The fourth-order valence-corrected chi connectivity index (χ4v) is 4.11. The van der Waals surface area contributed by atoms with Gasteiger partial charge >= 0.3 is 0 Å². The van der Waals surface area contributed by atoms with Crippen LogP contribution in [0.5, 0.6) is 5.75 Å². The smallest absolute Gasteiger partial charge is 0.280 e. The molecule has 0 saturated heterocycles. The first-order valence-electron chi connectivity index (χ1n) is 9.30. The summed E-state index contributed by atoms with van der Waals surface area (Å²) in [6, 6.07) is 5.77. The fourth-order valence-electron chi connectivity index (χ4n) is 3.04.